The van der Waals surface area contributed by atoms with Crippen LogP contribution in [0.4, 0.5) is 4.39 Å². The molecule has 3 rings (SSSR count). The number of hydrogen-bond donors (Lipinski definition) is 1. The number of carbonyl (C=O) groups is 1. The van der Waals surface area contributed by atoms with E-state index in [9.17, 15) is 14.0 Å². The van der Waals surface area contributed by atoms with Crippen molar-refractivity contribution in [2.45, 2.75) is 6.54 Å². The van der Waals surface area contributed by atoms with E-state index in [1.807, 2.05) is 0 Å². The van der Waals surface area contributed by atoms with Gasteiger partial charge in [0, 0.05) is 10.5 Å². The van der Waals surface area contributed by atoms with Crippen molar-refractivity contribution >= 4 is 32.9 Å². The van der Waals surface area contributed by atoms with E-state index in [1.54, 1.807) is 24.3 Å². The van der Waals surface area contributed by atoms with Crippen LogP contribution in [0.15, 0.2) is 51.7 Å². The van der Waals surface area contributed by atoms with E-state index in [-0.39, 0.29) is 16.9 Å². The van der Waals surface area contributed by atoms with Gasteiger partial charge in [-0.3, -0.25) is 14.2 Å². The second-order valence-electron chi connectivity index (χ2n) is 4.89. The number of aromatic nitrogens is 2. The topological polar surface area (TPSA) is 81.4 Å². The first kappa shape index (κ1) is 16.1. The van der Waals surface area contributed by atoms with E-state index < -0.39 is 23.9 Å². The summed E-state index contributed by atoms with van der Waals surface area (Å²) in [6.07, 6.45) is 0. The molecule has 8 heteroatoms. The van der Waals surface area contributed by atoms with Crippen molar-refractivity contribution in [1.82, 2.24) is 9.55 Å². The third-order valence-electron chi connectivity index (χ3n) is 3.20. The average Bonchev–Trinajstić information content (AvgIpc) is 2.53. The zero-order valence-electron chi connectivity index (χ0n) is 12.1. The molecule has 0 aliphatic heterocycles. The predicted octanol–water partition coefficient (Wildman–Crippen LogP) is 3.18. The molecular weight excluding hydrogens is 383 g/mol. The van der Waals surface area contributed by atoms with Crippen LogP contribution >= 0.6 is 15.9 Å². The molecule has 0 bridgehead atoms. The van der Waals surface area contributed by atoms with Gasteiger partial charge in [-0.1, -0.05) is 15.9 Å². The van der Waals surface area contributed by atoms with Crippen LogP contribution in [0.3, 0.4) is 0 Å². The van der Waals surface area contributed by atoms with Gasteiger partial charge in [-0.25, -0.2) is 9.37 Å². The average molecular weight is 393 g/mol. The van der Waals surface area contributed by atoms with Gasteiger partial charge in [-0.05, 0) is 36.4 Å². The molecular formula is C16H10BrFN2O4. The largest absolute Gasteiger partial charge is 0.480 e. The van der Waals surface area contributed by atoms with Crippen LogP contribution in [0.25, 0.3) is 11.0 Å². The Hall–Kier alpha value is -2.74. The normalized spacial score (nSPS) is 10.8. The van der Waals surface area contributed by atoms with Gasteiger partial charge in [0.15, 0.2) is 0 Å². The molecule has 0 spiro atoms. The van der Waals surface area contributed by atoms with Gasteiger partial charge in [0.1, 0.15) is 18.1 Å². The smallest absolute Gasteiger partial charge is 0.323 e. The monoisotopic (exact) mass is 392 g/mol. The molecule has 0 amide bonds. The van der Waals surface area contributed by atoms with Gasteiger partial charge >= 0.3 is 11.5 Å². The predicted molar refractivity (Wildman–Crippen MR) is 87.8 cm³/mol. The zero-order chi connectivity index (χ0) is 17.3. The summed E-state index contributed by atoms with van der Waals surface area (Å²) in [5, 5.41) is 9.02. The van der Waals surface area contributed by atoms with Crippen LogP contribution in [0.5, 0.6) is 11.6 Å². The van der Waals surface area contributed by atoms with Crippen molar-refractivity contribution in [3.63, 3.8) is 0 Å². The minimum Gasteiger partial charge on any atom is -0.480 e. The fourth-order valence-corrected chi connectivity index (χ4v) is 2.43. The number of aliphatic carboxylic acids is 1. The van der Waals surface area contributed by atoms with Crippen LogP contribution < -0.4 is 10.3 Å². The molecule has 0 saturated heterocycles. The molecule has 1 aromatic heterocycles. The second kappa shape index (κ2) is 6.40. The Morgan fingerprint density at radius 2 is 1.96 bits per heavy atom. The number of benzene rings is 2. The lowest BCUT2D eigenvalue weighted by molar-refractivity contribution is -0.137. The molecule has 1 heterocycles. The molecule has 122 valence electrons. The molecule has 3 aromatic rings. The Kier molecular flexibility index (Phi) is 4.30. The van der Waals surface area contributed by atoms with Gasteiger partial charge in [0.05, 0.1) is 11.0 Å². The molecule has 2 aromatic carbocycles. The molecule has 1 N–H and O–H groups in total. The number of carboxylic acid groups (broad SMARTS) is 1. The number of carboxylic acids is 1. The minimum atomic E-state index is -1.21. The second-order valence-corrected chi connectivity index (χ2v) is 5.81. The number of halogens is 2. The molecule has 0 fully saturated rings. The number of ether oxygens (including phenoxy) is 1. The Morgan fingerprint density at radius 3 is 2.62 bits per heavy atom. The first-order valence-corrected chi connectivity index (χ1v) is 7.58. The highest BCUT2D eigenvalue weighted by Gasteiger charge is 2.15. The third kappa shape index (κ3) is 3.28. The Balaban J connectivity index is 2.16. The molecule has 0 radical (unpaired) electrons. The number of fused-ring (bicyclic) bond motifs is 1. The van der Waals surface area contributed by atoms with Crippen molar-refractivity contribution in [1.29, 1.82) is 0 Å². The Morgan fingerprint density at radius 1 is 1.25 bits per heavy atom. The van der Waals surface area contributed by atoms with Gasteiger partial charge in [-0.15, -0.1) is 0 Å². The molecule has 0 aliphatic rings. The lowest BCUT2D eigenvalue weighted by Gasteiger charge is -2.11. The highest BCUT2D eigenvalue weighted by Crippen LogP contribution is 2.22. The summed E-state index contributed by atoms with van der Waals surface area (Å²) in [5.41, 5.74) is -0.366. The molecule has 0 unspecified atom stereocenters. The van der Waals surface area contributed by atoms with Crippen molar-refractivity contribution in [2.75, 3.05) is 0 Å². The summed E-state index contributed by atoms with van der Waals surface area (Å²) in [5.74, 6) is -1.73. The summed E-state index contributed by atoms with van der Waals surface area (Å²) in [6, 6.07) is 10.2. The van der Waals surface area contributed by atoms with E-state index in [0.717, 1.165) is 21.2 Å². The molecule has 0 atom stereocenters. The van der Waals surface area contributed by atoms with Gasteiger partial charge < -0.3 is 9.84 Å². The van der Waals surface area contributed by atoms with Crippen LogP contribution in [-0.4, -0.2) is 20.6 Å². The molecule has 0 aliphatic carbocycles. The zero-order valence-corrected chi connectivity index (χ0v) is 13.7. The maximum Gasteiger partial charge on any atom is 0.323 e. The van der Waals surface area contributed by atoms with Crippen molar-refractivity contribution in [2.24, 2.45) is 0 Å². The number of hydrogen-bond acceptors (Lipinski definition) is 4. The minimum absolute atomic E-state index is 0.128. The fraction of sp³-hybridized carbons (Fsp3) is 0.0625. The molecule has 6 nitrogen and oxygen atoms in total. The maximum atomic E-state index is 13.4. The van der Waals surface area contributed by atoms with E-state index in [1.165, 1.54) is 6.07 Å². The summed E-state index contributed by atoms with van der Waals surface area (Å²) in [4.78, 5) is 27.5. The van der Waals surface area contributed by atoms with E-state index in [2.05, 4.69) is 20.9 Å². The van der Waals surface area contributed by atoms with Crippen molar-refractivity contribution < 1.29 is 19.0 Å². The Bertz CT molecular complexity index is 986. The number of nitrogens with zero attached hydrogens (tertiary/aromatic N) is 2. The molecule has 24 heavy (non-hydrogen) atoms. The SMILES string of the molecule is O=C(O)Cn1c(=O)c(Oc2ccc(Br)cc2)nc2cc(F)ccc21. The van der Waals surface area contributed by atoms with Crippen LogP contribution in [0, 0.1) is 5.82 Å². The highest BCUT2D eigenvalue weighted by atomic mass is 79.9. The summed E-state index contributed by atoms with van der Waals surface area (Å²) >= 11 is 3.28. The fourth-order valence-electron chi connectivity index (χ4n) is 2.17. The first-order chi connectivity index (χ1) is 11.4. The van der Waals surface area contributed by atoms with Gasteiger partial charge in [0.2, 0.25) is 0 Å². The van der Waals surface area contributed by atoms with Crippen molar-refractivity contribution in [3.8, 4) is 11.6 Å². The highest BCUT2D eigenvalue weighted by molar-refractivity contribution is 9.10. The van der Waals surface area contributed by atoms with Crippen molar-refractivity contribution in [3.05, 3.63) is 63.1 Å². The summed E-state index contributed by atoms with van der Waals surface area (Å²) < 4.78 is 20.7. The Labute approximate surface area is 143 Å². The lowest BCUT2D eigenvalue weighted by Crippen LogP contribution is -2.26. The van der Waals surface area contributed by atoms with Gasteiger partial charge in [-0.2, -0.15) is 0 Å². The lowest BCUT2D eigenvalue weighted by atomic mass is 10.3. The van der Waals surface area contributed by atoms with E-state index in [0.29, 0.717) is 5.75 Å². The first-order valence-electron chi connectivity index (χ1n) is 6.79. The quantitative estimate of drug-likeness (QED) is 0.737. The summed E-state index contributed by atoms with van der Waals surface area (Å²) in [6.45, 7) is -0.583. The van der Waals surface area contributed by atoms with Gasteiger partial charge in [0.25, 0.3) is 5.88 Å². The number of rotatable bonds is 4. The van der Waals surface area contributed by atoms with Crippen LogP contribution in [0.2, 0.25) is 0 Å². The van der Waals surface area contributed by atoms with Crippen LogP contribution in [-0.2, 0) is 11.3 Å². The van der Waals surface area contributed by atoms with E-state index >= 15 is 0 Å². The standard InChI is InChI=1S/C16H10BrFN2O4/c17-9-1-4-11(5-2-9)24-15-16(23)20(8-14(21)22)13-6-3-10(18)7-12(13)19-15/h1-7H,8H2,(H,21,22). The maximum absolute atomic E-state index is 13.4. The van der Waals surface area contributed by atoms with E-state index in [4.69, 9.17) is 9.84 Å². The molecule has 0 saturated carbocycles. The third-order valence-corrected chi connectivity index (χ3v) is 3.73. The van der Waals surface area contributed by atoms with Crippen LogP contribution in [0.1, 0.15) is 0 Å². The summed E-state index contributed by atoms with van der Waals surface area (Å²) in [7, 11) is 0.